The lowest BCUT2D eigenvalue weighted by molar-refractivity contribution is 0.102. The molecule has 0 saturated carbocycles. The van der Waals surface area contributed by atoms with Gasteiger partial charge in [-0.25, -0.2) is 9.37 Å². The summed E-state index contributed by atoms with van der Waals surface area (Å²) in [5, 5.41) is 2.82. The van der Waals surface area contributed by atoms with E-state index in [9.17, 15) is 9.18 Å². The highest BCUT2D eigenvalue weighted by atomic mass is 19.1. The number of carbonyl (C=O) groups excluding carboxylic acids is 1. The quantitative estimate of drug-likeness (QED) is 0.654. The van der Waals surface area contributed by atoms with Gasteiger partial charge in [-0.15, -0.1) is 0 Å². The van der Waals surface area contributed by atoms with E-state index in [1.165, 1.54) is 18.5 Å². The fourth-order valence-corrected chi connectivity index (χ4v) is 2.79. The monoisotopic (exact) mass is 393 g/mol. The zero-order valence-corrected chi connectivity index (χ0v) is 16.8. The summed E-state index contributed by atoms with van der Waals surface area (Å²) < 4.78 is 19.6. The SMILES string of the molecule is CC(C)(C)c1ccc(C(=O)Nc2ccc(F)c(CCOc3cnccn3)c2)cc1. The number of hydrogen-bond donors (Lipinski definition) is 1. The first kappa shape index (κ1) is 20.5. The maximum atomic E-state index is 14.1. The predicted octanol–water partition coefficient (Wildman–Crippen LogP) is 4.79. The molecule has 0 atom stereocenters. The maximum Gasteiger partial charge on any atom is 0.255 e. The molecule has 3 aromatic rings. The molecule has 150 valence electrons. The number of rotatable bonds is 6. The second-order valence-electron chi connectivity index (χ2n) is 7.73. The fourth-order valence-electron chi connectivity index (χ4n) is 2.79. The Hall–Kier alpha value is -3.28. The van der Waals surface area contributed by atoms with Crippen molar-refractivity contribution in [3.05, 3.63) is 83.6 Å². The Kier molecular flexibility index (Phi) is 6.22. The van der Waals surface area contributed by atoms with Crippen LogP contribution in [0.25, 0.3) is 0 Å². The topological polar surface area (TPSA) is 64.1 Å². The van der Waals surface area contributed by atoms with Crippen LogP contribution in [0.1, 0.15) is 42.3 Å². The van der Waals surface area contributed by atoms with Gasteiger partial charge < -0.3 is 10.1 Å². The van der Waals surface area contributed by atoms with Crippen LogP contribution in [0, 0.1) is 5.82 Å². The number of nitrogens with zero attached hydrogens (tertiary/aromatic N) is 2. The Morgan fingerprint density at radius 2 is 1.86 bits per heavy atom. The summed E-state index contributed by atoms with van der Waals surface area (Å²) in [6.45, 7) is 6.61. The van der Waals surface area contributed by atoms with Crippen LogP contribution in [0.5, 0.6) is 5.88 Å². The molecule has 0 spiro atoms. The van der Waals surface area contributed by atoms with Crippen molar-refractivity contribution >= 4 is 11.6 Å². The maximum absolute atomic E-state index is 14.1. The van der Waals surface area contributed by atoms with Gasteiger partial charge in [-0.2, -0.15) is 0 Å². The Labute approximate surface area is 170 Å². The molecular weight excluding hydrogens is 369 g/mol. The molecule has 6 heteroatoms. The fraction of sp³-hybridized carbons (Fsp3) is 0.261. The van der Waals surface area contributed by atoms with Gasteiger partial charge in [0, 0.05) is 30.1 Å². The first-order chi connectivity index (χ1) is 13.8. The van der Waals surface area contributed by atoms with Crippen molar-refractivity contribution in [2.75, 3.05) is 11.9 Å². The van der Waals surface area contributed by atoms with Gasteiger partial charge in [-0.1, -0.05) is 32.9 Å². The third-order valence-electron chi connectivity index (χ3n) is 4.48. The molecule has 0 aliphatic heterocycles. The van der Waals surface area contributed by atoms with Crippen molar-refractivity contribution in [3.63, 3.8) is 0 Å². The molecule has 2 aromatic carbocycles. The van der Waals surface area contributed by atoms with Crippen LogP contribution in [0.3, 0.4) is 0 Å². The standard InChI is InChI=1S/C23H24FN3O2/c1-23(2,3)18-6-4-16(5-7-18)22(28)27-19-8-9-20(24)17(14-19)10-13-29-21-15-25-11-12-26-21/h4-9,11-12,14-15H,10,13H2,1-3H3,(H,27,28). The minimum absolute atomic E-state index is 0.0221. The third kappa shape index (κ3) is 5.60. The number of ether oxygens (including phenoxy) is 1. The average molecular weight is 393 g/mol. The Morgan fingerprint density at radius 1 is 1.10 bits per heavy atom. The van der Waals surface area contributed by atoms with Crippen molar-refractivity contribution in [1.82, 2.24) is 9.97 Å². The predicted molar refractivity (Wildman–Crippen MR) is 111 cm³/mol. The Morgan fingerprint density at radius 3 is 2.52 bits per heavy atom. The third-order valence-corrected chi connectivity index (χ3v) is 4.48. The first-order valence-corrected chi connectivity index (χ1v) is 9.42. The second-order valence-corrected chi connectivity index (χ2v) is 7.73. The summed E-state index contributed by atoms with van der Waals surface area (Å²) in [6.07, 6.45) is 4.92. The highest BCUT2D eigenvalue weighted by molar-refractivity contribution is 6.04. The summed E-state index contributed by atoms with van der Waals surface area (Å²) >= 11 is 0. The van der Waals surface area contributed by atoms with Gasteiger partial charge in [-0.05, 0) is 46.9 Å². The van der Waals surface area contributed by atoms with Crippen LogP contribution in [0.15, 0.2) is 61.1 Å². The van der Waals surface area contributed by atoms with Gasteiger partial charge in [0.15, 0.2) is 0 Å². The molecule has 0 aliphatic carbocycles. The van der Waals surface area contributed by atoms with E-state index in [1.807, 2.05) is 12.1 Å². The van der Waals surface area contributed by atoms with E-state index in [0.29, 0.717) is 29.1 Å². The van der Waals surface area contributed by atoms with E-state index in [-0.39, 0.29) is 23.7 Å². The molecular formula is C23H24FN3O2. The number of nitrogens with one attached hydrogen (secondary N) is 1. The zero-order valence-electron chi connectivity index (χ0n) is 16.8. The van der Waals surface area contributed by atoms with E-state index in [4.69, 9.17) is 4.74 Å². The van der Waals surface area contributed by atoms with Crippen LogP contribution in [-0.2, 0) is 11.8 Å². The van der Waals surface area contributed by atoms with Crippen molar-refractivity contribution in [2.45, 2.75) is 32.6 Å². The highest BCUT2D eigenvalue weighted by Crippen LogP contribution is 2.23. The minimum Gasteiger partial charge on any atom is -0.476 e. The minimum atomic E-state index is -0.347. The van der Waals surface area contributed by atoms with E-state index >= 15 is 0 Å². The Balaban J connectivity index is 1.63. The van der Waals surface area contributed by atoms with E-state index < -0.39 is 0 Å². The normalized spacial score (nSPS) is 11.2. The molecule has 1 aromatic heterocycles. The molecule has 29 heavy (non-hydrogen) atoms. The van der Waals surface area contributed by atoms with Crippen LogP contribution < -0.4 is 10.1 Å². The number of anilines is 1. The number of amides is 1. The first-order valence-electron chi connectivity index (χ1n) is 9.42. The zero-order chi connectivity index (χ0) is 20.9. The lowest BCUT2D eigenvalue weighted by Crippen LogP contribution is -2.14. The summed E-state index contributed by atoms with van der Waals surface area (Å²) in [7, 11) is 0. The summed E-state index contributed by atoms with van der Waals surface area (Å²) in [5.74, 6) is -0.199. The second kappa shape index (κ2) is 8.82. The van der Waals surface area contributed by atoms with Crippen molar-refractivity contribution in [1.29, 1.82) is 0 Å². The molecule has 0 fully saturated rings. The van der Waals surface area contributed by atoms with Crippen molar-refractivity contribution < 1.29 is 13.9 Å². The van der Waals surface area contributed by atoms with Crippen LogP contribution >= 0.6 is 0 Å². The van der Waals surface area contributed by atoms with E-state index in [1.54, 1.807) is 30.5 Å². The average Bonchev–Trinajstić information content (AvgIpc) is 2.70. The van der Waals surface area contributed by atoms with Crippen LogP contribution in [-0.4, -0.2) is 22.5 Å². The molecule has 5 nitrogen and oxygen atoms in total. The van der Waals surface area contributed by atoms with Gasteiger partial charge in [0.1, 0.15) is 5.82 Å². The number of aromatic nitrogens is 2. The molecule has 1 N–H and O–H groups in total. The lowest BCUT2D eigenvalue weighted by Gasteiger charge is -2.19. The summed E-state index contributed by atoms with van der Waals surface area (Å²) in [4.78, 5) is 20.4. The molecule has 3 rings (SSSR count). The molecule has 0 unspecified atom stereocenters. The molecule has 0 radical (unpaired) electrons. The molecule has 0 bridgehead atoms. The smallest absolute Gasteiger partial charge is 0.255 e. The van der Waals surface area contributed by atoms with Gasteiger partial charge in [0.2, 0.25) is 5.88 Å². The highest BCUT2D eigenvalue weighted by Gasteiger charge is 2.14. The molecule has 1 amide bonds. The van der Waals surface area contributed by atoms with Crippen molar-refractivity contribution in [2.24, 2.45) is 0 Å². The molecule has 0 aliphatic rings. The van der Waals surface area contributed by atoms with E-state index in [0.717, 1.165) is 5.56 Å². The summed E-state index contributed by atoms with van der Waals surface area (Å²) in [5.41, 5.74) is 2.71. The van der Waals surface area contributed by atoms with Gasteiger partial charge in [-0.3, -0.25) is 9.78 Å². The Bertz CT molecular complexity index is 968. The summed E-state index contributed by atoms with van der Waals surface area (Å²) in [6, 6.07) is 12.0. The van der Waals surface area contributed by atoms with Crippen LogP contribution in [0.2, 0.25) is 0 Å². The molecule has 1 heterocycles. The van der Waals surface area contributed by atoms with E-state index in [2.05, 4.69) is 36.1 Å². The number of benzene rings is 2. The van der Waals surface area contributed by atoms with Crippen LogP contribution in [0.4, 0.5) is 10.1 Å². The van der Waals surface area contributed by atoms with Gasteiger partial charge in [0.05, 0.1) is 12.8 Å². The van der Waals surface area contributed by atoms with Gasteiger partial charge in [0.25, 0.3) is 5.91 Å². The number of halogens is 1. The largest absolute Gasteiger partial charge is 0.476 e. The van der Waals surface area contributed by atoms with Crippen molar-refractivity contribution in [3.8, 4) is 5.88 Å². The number of hydrogen-bond acceptors (Lipinski definition) is 4. The molecule has 0 saturated heterocycles. The van der Waals surface area contributed by atoms with Gasteiger partial charge >= 0.3 is 0 Å². The number of carbonyl (C=O) groups is 1. The lowest BCUT2D eigenvalue weighted by atomic mass is 9.87.